The third-order valence-electron chi connectivity index (χ3n) is 1.05. The van der Waals surface area contributed by atoms with Gasteiger partial charge in [-0.25, -0.2) is 4.79 Å². The molecule has 0 bridgehead atoms. The Morgan fingerprint density at radius 2 is 2.00 bits per heavy atom. The SMILES string of the molecule is C=CC(=O)OC(=C)/C=C\C(=C)NN. The number of carbonyl (C=O) groups excluding carboxylic acids is 1. The van der Waals surface area contributed by atoms with E-state index in [4.69, 9.17) is 5.84 Å². The molecule has 0 saturated carbocycles. The Hall–Kier alpha value is -1.81. The lowest BCUT2D eigenvalue weighted by molar-refractivity contribution is -0.133. The van der Waals surface area contributed by atoms with Gasteiger partial charge in [-0.2, -0.15) is 0 Å². The molecule has 0 unspecified atom stereocenters. The largest absolute Gasteiger partial charge is 0.424 e. The van der Waals surface area contributed by atoms with Gasteiger partial charge >= 0.3 is 5.97 Å². The van der Waals surface area contributed by atoms with Gasteiger partial charge in [0.1, 0.15) is 5.76 Å². The van der Waals surface area contributed by atoms with Gasteiger partial charge < -0.3 is 10.2 Å². The van der Waals surface area contributed by atoms with Crippen LogP contribution >= 0.6 is 0 Å². The van der Waals surface area contributed by atoms with E-state index >= 15 is 0 Å². The van der Waals surface area contributed by atoms with Gasteiger partial charge in [0.05, 0.1) is 0 Å². The lowest BCUT2D eigenvalue weighted by Crippen LogP contribution is -2.18. The fourth-order valence-corrected chi connectivity index (χ4v) is 0.447. The van der Waals surface area contributed by atoms with Crippen LogP contribution in [0.5, 0.6) is 0 Å². The molecular formula is C9H12N2O2. The van der Waals surface area contributed by atoms with Crippen molar-refractivity contribution in [2.45, 2.75) is 0 Å². The van der Waals surface area contributed by atoms with Crippen LogP contribution in [-0.2, 0) is 9.53 Å². The third kappa shape index (κ3) is 5.46. The van der Waals surface area contributed by atoms with E-state index in [2.05, 4.69) is 29.9 Å². The van der Waals surface area contributed by atoms with Crippen LogP contribution < -0.4 is 11.3 Å². The Kier molecular flexibility index (Phi) is 4.99. The van der Waals surface area contributed by atoms with Gasteiger partial charge in [-0.05, 0) is 12.2 Å². The number of hydrogen-bond acceptors (Lipinski definition) is 4. The van der Waals surface area contributed by atoms with Gasteiger partial charge in [-0.3, -0.25) is 5.84 Å². The highest BCUT2D eigenvalue weighted by Crippen LogP contribution is 1.98. The normalized spacial score (nSPS) is 9.31. The van der Waals surface area contributed by atoms with Crippen LogP contribution in [0.25, 0.3) is 0 Å². The number of rotatable bonds is 5. The average Bonchev–Trinajstić information content (AvgIpc) is 2.13. The zero-order valence-corrected chi connectivity index (χ0v) is 7.25. The van der Waals surface area contributed by atoms with Crippen molar-refractivity contribution < 1.29 is 9.53 Å². The summed E-state index contributed by atoms with van der Waals surface area (Å²) in [5.41, 5.74) is 2.79. The summed E-state index contributed by atoms with van der Waals surface area (Å²) >= 11 is 0. The third-order valence-corrected chi connectivity index (χ3v) is 1.05. The van der Waals surface area contributed by atoms with E-state index in [1.807, 2.05) is 0 Å². The van der Waals surface area contributed by atoms with Crippen molar-refractivity contribution in [2.24, 2.45) is 5.84 Å². The van der Waals surface area contributed by atoms with Crippen molar-refractivity contribution in [3.8, 4) is 0 Å². The summed E-state index contributed by atoms with van der Waals surface area (Å²) in [6, 6.07) is 0. The van der Waals surface area contributed by atoms with Gasteiger partial charge in [0.15, 0.2) is 0 Å². The summed E-state index contributed by atoms with van der Waals surface area (Å²) in [6.45, 7) is 10.2. The minimum absolute atomic E-state index is 0.196. The molecule has 4 nitrogen and oxygen atoms in total. The van der Waals surface area contributed by atoms with E-state index < -0.39 is 5.97 Å². The quantitative estimate of drug-likeness (QED) is 0.164. The first-order valence-electron chi connectivity index (χ1n) is 3.47. The van der Waals surface area contributed by atoms with Crippen molar-refractivity contribution in [2.75, 3.05) is 0 Å². The van der Waals surface area contributed by atoms with E-state index in [-0.39, 0.29) is 5.76 Å². The molecule has 4 heteroatoms. The molecule has 0 aromatic rings. The van der Waals surface area contributed by atoms with Gasteiger partial charge in [-0.1, -0.05) is 19.7 Å². The molecule has 0 aromatic carbocycles. The van der Waals surface area contributed by atoms with Crippen LogP contribution in [-0.4, -0.2) is 5.97 Å². The van der Waals surface area contributed by atoms with Gasteiger partial charge in [0, 0.05) is 11.8 Å². The second kappa shape index (κ2) is 5.79. The molecule has 0 aliphatic heterocycles. The fraction of sp³-hybridized carbons (Fsp3) is 0. The maximum atomic E-state index is 10.6. The maximum absolute atomic E-state index is 10.6. The average molecular weight is 180 g/mol. The topological polar surface area (TPSA) is 64.3 Å². The standard InChI is InChI=1S/C9H12N2O2/c1-4-9(12)13-8(3)6-5-7(2)11-10/h4-6,11H,1-3,10H2/b6-5-. The highest BCUT2D eigenvalue weighted by atomic mass is 16.5. The van der Waals surface area contributed by atoms with Crippen LogP contribution in [0.4, 0.5) is 0 Å². The van der Waals surface area contributed by atoms with E-state index in [0.717, 1.165) is 6.08 Å². The summed E-state index contributed by atoms with van der Waals surface area (Å²) < 4.78 is 4.65. The zero-order chi connectivity index (χ0) is 10.3. The second-order valence-corrected chi connectivity index (χ2v) is 2.09. The highest BCUT2D eigenvalue weighted by molar-refractivity contribution is 5.82. The molecule has 0 heterocycles. The Balaban J connectivity index is 4.01. The molecule has 13 heavy (non-hydrogen) atoms. The lowest BCUT2D eigenvalue weighted by Gasteiger charge is -1.99. The van der Waals surface area contributed by atoms with E-state index in [1.165, 1.54) is 12.2 Å². The van der Waals surface area contributed by atoms with Crippen LogP contribution in [0, 0.1) is 0 Å². The van der Waals surface area contributed by atoms with Crippen molar-refractivity contribution >= 4 is 5.97 Å². The molecule has 3 N–H and O–H groups in total. The van der Waals surface area contributed by atoms with Crippen molar-refractivity contribution in [3.05, 3.63) is 49.4 Å². The number of hydrogen-bond donors (Lipinski definition) is 2. The first-order valence-corrected chi connectivity index (χ1v) is 3.47. The molecular weight excluding hydrogens is 168 g/mol. The monoisotopic (exact) mass is 180 g/mol. The Morgan fingerprint density at radius 1 is 1.38 bits per heavy atom. The predicted molar refractivity (Wildman–Crippen MR) is 51.0 cm³/mol. The molecule has 0 fully saturated rings. The molecule has 0 radical (unpaired) electrons. The van der Waals surface area contributed by atoms with E-state index in [9.17, 15) is 4.79 Å². The number of allylic oxidation sites excluding steroid dienone is 2. The Labute approximate surface area is 77.0 Å². The summed E-state index contributed by atoms with van der Waals surface area (Å²) in [6.07, 6.45) is 4.04. The summed E-state index contributed by atoms with van der Waals surface area (Å²) in [5.74, 6) is 4.67. The van der Waals surface area contributed by atoms with Crippen LogP contribution in [0.3, 0.4) is 0 Å². The summed E-state index contributed by atoms with van der Waals surface area (Å²) in [7, 11) is 0. The number of esters is 1. The predicted octanol–water partition coefficient (Wildman–Crippen LogP) is 0.762. The number of ether oxygens (including phenoxy) is 1. The van der Waals surface area contributed by atoms with E-state index in [0.29, 0.717) is 5.70 Å². The number of nitrogens with two attached hydrogens (primary N) is 1. The number of nitrogens with one attached hydrogen (secondary N) is 1. The molecule has 0 aliphatic carbocycles. The first kappa shape index (κ1) is 11.2. The molecule has 0 aliphatic rings. The smallest absolute Gasteiger partial charge is 0.335 e. The number of hydrazine groups is 1. The zero-order valence-electron chi connectivity index (χ0n) is 7.25. The van der Waals surface area contributed by atoms with Crippen molar-refractivity contribution in [1.29, 1.82) is 0 Å². The molecule has 70 valence electrons. The maximum Gasteiger partial charge on any atom is 0.335 e. The van der Waals surface area contributed by atoms with Crippen LogP contribution in [0.1, 0.15) is 0 Å². The molecule has 0 amide bonds. The summed E-state index contributed by atoms with van der Waals surface area (Å²) in [4.78, 5) is 10.6. The minimum atomic E-state index is -0.555. The lowest BCUT2D eigenvalue weighted by atomic mass is 10.4. The first-order chi connectivity index (χ1) is 6.10. The minimum Gasteiger partial charge on any atom is -0.424 e. The van der Waals surface area contributed by atoms with Gasteiger partial charge in [-0.15, -0.1) is 0 Å². The second-order valence-electron chi connectivity index (χ2n) is 2.09. The van der Waals surface area contributed by atoms with Crippen LogP contribution in [0.15, 0.2) is 49.4 Å². The summed E-state index contributed by atoms with van der Waals surface area (Å²) in [5, 5.41) is 0. The highest BCUT2D eigenvalue weighted by Gasteiger charge is 1.95. The van der Waals surface area contributed by atoms with Crippen molar-refractivity contribution in [3.63, 3.8) is 0 Å². The Morgan fingerprint density at radius 3 is 2.46 bits per heavy atom. The molecule has 0 spiro atoms. The molecule has 0 aromatic heterocycles. The molecule has 0 saturated heterocycles. The Bertz CT molecular complexity index is 267. The number of carbonyl (C=O) groups is 1. The van der Waals surface area contributed by atoms with Crippen molar-refractivity contribution in [1.82, 2.24) is 5.43 Å². The fourth-order valence-electron chi connectivity index (χ4n) is 0.447. The molecule has 0 rings (SSSR count). The molecule has 0 atom stereocenters. The van der Waals surface area contributed by atoms with Gasteiger partial charge in [0.25, 0.3) is 0 Å². The van der Waals surface area contributed by atoms with E-state index in [1.54, 1.807) is 0 Å². The van der Waals surface area contributed by atoms with Gasteiger partial charge in [0.2, 0.25) is 0 Å². The van der Waals surface area contributed by atoms with Crippen LogP contribution in [0.2, 0.25) is 0 Å².